The number of ether oxygens (including phenoxy) is 1. The molecule has 0 aliphatic carbocycles. The lowest BCUT2D eigenvalue weighted by molar-refractivity contribution is -0.0521. The fourth-order valence-corrected chi connectivity index (χ4v) is 1.93. The molecule has 0 saturated carbocycles. The zero-order valence-corrected chi connectivity index (χ0v) is 10.1. The van der Waals surface area contributed by atoms with Crippen LogP contribution in [0.15, 0.2) is 42.5 Å². The molecule has 3 aromatic rings. The summed E-state index contributed by atoms with van der Waals surface area (Å²) in [5.74, 6) is -0.878. The number of H-pyrrole nitrogens is 1. The number of halogens is 3. The predicted octanol–water partition coefficient (Wildman–Crippen LogP) is 3.97. The number of para-hydroxylation sites is 2. The van der Waals surface area contributed by atoms with Crippen molar-refractivity contribution in [2.45, 2.75) is 6.61 Å². The molecule has 0 aliphatic heterocycles. The minimum Gasteiger partial charge on any atom is -0.432 e. The Morgan fingerprint density at radius 2 is 1.90 bits per heavy atom. The fourth-order valence-electron chi connectivity index (χ4n) is 1.93. The summed E-state index contributed by atoms with van der Waals surface area (Å²) in [4.78, 5) is 7.34. The van der Waals surface area contributed by atoms with E-state index in [1.165, 1.54) is 6.07 Å². The Morgan fingerprint density at radius 3 is 2.60 bits per heavy atom. The lowest BCUT2D eigenvalue weighted by Crippen LogP contribution is -2.03. The Morgan fingerprint density at radius 1 is 1.10 bits per heavy atom. The molecular formula is C14H9F3N2O. The Balaban J connectivity index is 1.99. The van der Waals surface area contributed by atoms with E-state index < -0.39 is 18.2 Å². The average molecular weight is 278 g/mol. The number of aromatic amines is 1. The van der Waals surface area contributed by atoms with Crippen molar-refractivity contribution >= 4 is 11.0 Å². The van der Waals surface area contributed by atoms with Crippen LogP contribution in [0.25, 0.3) is 22.4 Å². The molecule has 0 unspecified atom stereocenters. The van der Waals surface area contributed by atoms with E-state index in [1.54, 1.807) is 0 Å². The van der Waals surface area contributed by atoms with Crippen molar-refractivity contribution in [2.24, 2.45) is 0 Å². The summed E-state index contributed by atoms with van der Waals surface area (Å²) in [6.07, 6.45) is 0. The minimum atomic E-state index is -3.05. The van der Waals surface area contributed by atoms with Crippen LogP contribution < -0.4 is 4.74 Å². The quantitative estimate of drug-likeness (QED) is 0.787. The molecule has 0 fully saturated rings. The van der Waals surface area contributed by atoms with Crippen molar-refractivity contribution in [1.29, 1.82) is 0 Å². The number of fused-ring (bicyclic) bond motifs is 1. The second kappa shape index (κ2) is 4.88. The van der Waals surface area contributed by atoms with Gasteiger partial charge >= 0.3 is 6.61 Å². The number of nitrogens with one attached hydrogen (secondary N) is 1. The predicted molar refractivity (Wildman–Crippen MR) is 68.1 cm³/mol. The number of hydrogen-bond donors (Lipinski definition) is 1. The van der Waals surface area contributed by atoms with Crippen molar-refractivity contribution in [3.8, 4) is 17.1 Å². The highest BCUT2D eigenvalue weighted by molar-refractivity contribution is 5.79. The van der Waals surface area contributed by atoms with Gasteiger partial charge in [0.05, 0.1) is 11.0 Å². The number of hydrogen-bond acceptors (Lipinski definition) is 2. The van der Waals surface area contributed by atoms with Crippen molar-refractivity contribution in [2.75, 3.05) is 0 Å². The van der Waals surface area contributed by atoms with Gasteiger partial charge in [-0.2, -0.15) is 8.78 Å². The van der Waals surface area contributed by atoms with Gasteiger partial charge in [-0.05, 0) is 30.3 Å². The van der Waals surface area contributed by atoms with Gasteiger partial charge in [-0.1, -0.05) is 12.1 Å². The zero-order valence-electron chi connectivity index (χ0n) is 10.1. The second-order valence-corrected chi connectivity index (χ2v) is 4.13. The van der Waals surface area contributed by atoms with Crippen LogP contribution in [0.3, 0.4) is 0 Å². The normalized spacial score (nSPS) is 11.2. The third-order valence-corrected chi connectivity index (χ3v) is 2.81. The van der Waals surface area contributed by atoms with Crippen molar-refractivity contribution in [3.63, 3.8) is 0 Å². The summed E-state index contributed by atoms with van der Waals surface area (Å²) in [7, 11) is 0. The first-order valence-corrected chi connectivity index (χ1v) is 5.83. The summed E-state index contributed by atoms with van der Waals surface area (Å²) in [5, 5.41) is 0. The van der Waals surface area contributed by atoms with Crippen molar-refractivity contribution in [1.82, 2.24) is 9.97 Å². The molecule has 3 rings (SSSR count). The minimum absolute atomic E-state index is 0.459. The van der Waals surface area contributed by atoms with Crippen LogP contribution in [-0.4, -0.2) is 16.6 Å². The molecule has 0 saturated heterocycles. The van der Waals surface area contributed by atoms with Gasteiger partial charge in [0.25, 0.3) is 0 Å². The highest BCUT2D eigenvalue weighted by Crippen LogP contribution is 2.26. The van der Waals surface area contributed by atoms with E-state index in [-0.39, 0.29) is 0 Å². The maximum Gasteiger partial charge on any atom is 0.387 e. The molecule has 0 radical (unpaired) electrons. The second-order valence-electron chi connectivity index (χ2n) is 4.13. The molecular weight excluding hydrogens is 269 g/mol. The molecule has 1 aromatic heterocycles. The van der Waals surface area contributed by atoms with E-state index in [0.717, 1.165) is 23.2 Å². The van der Waals surface area contributed by atoms with Gasteiger partial charge in [-0.3, -0.25) is 0 Å². The maximum atomic E-state index is 13.7. The number of alkyl halides is 2. The van der Waals surface area contributed by atoms with E-state index in [1.807, 2.05) is 24.3 Å². The molecule has 0 atom stereocenters. The van der Waals surface area contributed by atoms with Gasteiger partial charge in [0, 0.05) is 5.56 Å². The van der Waals surface area contributed by atoms with E-state index >= 15 is 0 Å². The smallest absolute Gasteiger partial charge is 0.387 e. The summed E-state index contributed by atoms with van der Waals surface area (Å²) >= 11 is 0. The van der Waals surface area contributed by atoms with Gasteiger partial charge in [-0.15, -0.1) is 0 Å². The summed E-state index contributed by atoms with van der Waals surface area (Å²) in [6, 6.07) is 11.1. The standard InChI is InChI=1S/C14H9F3N2O/c15-9-7-8(5-6-12(9)20-14(16)17)13-18-10-3-1-2-4-11(10)19-13/h1-7,14H,(H,18,19). The number of aromatic nitrogens is 2. The lowest BCUT2D eigenvalue weighted by Gasteiger charge is -2.06. The van der Waals surface area contributed by atoms with Gasteiger partial charge in [-0.25, -0.2) is 9.37 Å². The SMILES string of the molecule is Fc1cc(-c2nc3ccccc3[nH]2)ccc1OC(F)F. The van der Waals surface area contributed by atoms with Crippen molar-refractivity contribution in [3.05, 3.63) is 48.3 Å². The molecule has 0 aliphatic rings. The van der Waals surface area contributed by atoms with E-state index in [2.05, 4.69) is 14.7 Å². The van der Waals surface area contributed by atoms with Crippen LogP contribution in [-0.2, 0) is 0 Å². The Kier molecular flexibility index (Phi) is 3.06. The first kappa shape index (κ1) is 12.5. The number of imidazole rings is 1. The van der Waals surface area contributed by atoms with Crippen LogP contribution in [0.1, 0.15) is 0 Å². The lowest BCUT2D eigenvalue weighted by atomic mass is 10.2. The zero-order chi connectivity index (χ0) is 14.1. The molecule has 6 heteroatoms. The molecule has 0 amide bonds. The third kappa shape index (κ3) is 2.32. The molecule has 20 heavy (non-hydrogen) atoms. The van der Waals surface area contributed by atoms with E-state index in [4.69, 9.17) is 0 Å². The first-order chi connectivity index (χ1) is 9.63. The highest BCUT2D eigenvalue weighted by atomic mass is 19.3. The number of benzene rings is 2. The largest absolute Gasteiger partial charge is 0.432 e. The third-order valence-electron chi connectivity index (χ3n) is 2.81. The van der Waals surface area contributed by atoms with E-state index in [9.17, 15) is 13.2 Å². The van der Waals surface area contributed by atoms with Crippen LogP contribution in [0.4, 0.5) is 13.2 Å². The number of rotatable bonds is 3. The molecule has 0 bridgehead atoms. The van der Waals surface area contributed by atoms with Crippen molar-refractivity contribution < 1.29 is 17.9 Å². The average Bonchev–Trinajstić information content (AvgIpc) is 2.84. The summed E-state index contributed by atoms with van der Waals surface area (Å²) in [6.45, 7) is -3.05. The highest BCUT2D eigenvalue weighted by Gasteiger charge is 2.12. The van der Waals surface area contributed by atoms with Gasteiger partial charge < -0.3 is 9.72 Å². The molecule has 102 valence electrons. The summed E-state index contributed by atoms with van der Waals surface area (Å²) in [5.41, 5.74) is 2.02. The molecule has 1 heterocycles. The molecule has 0 spiro atoms. The molecule has 1 N–H and O–H groups in total. The fraction of sp³-hybridized carbons (Fsp3) is 0.0714. The van der Waals surface area contributed by atoms with Crippen LogP contribution >= 0.6 is 0 Å². The maximum absolute atomic E-state index is 13.7. The van der Waals surface area contributed by atoms with Gasteiger partial charge in [0.15, 0.2) is 11.6 Å². The van der Waals surface area contributed by atoms with Gasteiger partial charge in [0.2, 0.25) is 0 Å². The van der Waals surface area contributed by atoms with E-state index in [0.29, 0.717) is 11.4 Å². The monoisotopic (exact) mass is 278 g/mol. The molecule has 2 aromatic carbocycles. The number of nitrogens with zero attached hydrogens (tertiary/aromatic N) is 1. The first-order valence-electron chi connectivity index (χ1n) is 5.83. The molecule has 3 nitrogen and oxygen atoms in total. The van der Waals surface area contributed by atoms with Gasteiger partial charge in [0.1, 0.15) is 5.82 Å². The Hall–Kier alpha value is -2.50. The van der Waals surface area contributed by atoms with Crippen LogP contribution in [0, 0.1) is 5.82 Å². The topological polar surface area (TPSA) is 37.9 Å². The summed E-state index contributed by atoms with van der Waals surface area (Å²) < 4.78 is 41.8. The Bertz CT molecular complexity index is 722. The Labute approximate surface area is 112 Å². The van der Waals surface area contributed by atoms with Crippen LogP contribution in [0.2, 0.25) is 0 Å². The van der Waals surface area contributed by atoms with Crippen LogP contribution in [0.5, 0.6) is 5.75 Å².